The summed E-state index contributed by atoms with van der Waals surface area (Å²) in [6.07, 6.45) is 2.91. The van der Waals surface area contributed by atoms with Gasteiger partial charge in [0, 0.05) is 5.69 Å². The highest BCUT2D eigenvalue weighted by Crippen LogP contribution is 2.35. The molecule has 0 atom stereocenters. The number of hydrogen-bond donors (Lipinski definition) is 1. The Morgan fingerprint density at radius 2 is 1.83 bits per heavy atom. The first-order valence-corrected chi connectivity index (χ1v) is 9.58. The molecule has 0 saturated heterocycles. The fraction of sp³-hybridized carbons (Fsp3) is 0.136. The molecule has 0 aromatic heterocycles. The van der Waals surface area contributed by atoms with Gasteiger partial charge in [-0.3, -0.25) is 4.79 Å². The number of amides is 1. The second-order valence-corrected chi connectivity index (χ2v) is 6.65. The van der Waals surface area contributed by atoms with Crippen LogP contribution in [0.3, 0.4) is 0 Å². The zero-order valence-electron chi connectivity index (χ0n) is 16.1. The van der Waals surface area contributed by atoms with Gasteiger partial charge in [0.1, 0.15) is 18.2 Å². The minimum absolute atomic E-state index is 0.156. The van der Waals surface area contributed by atoms with E-state index in [4.69, 9.17) is 32.7 Å². The third kappa shape index (κ3) is 6.11. The quantitative estimate of drug-likeness (QED) is 0.259. The highest BCUT2D eigenvalue weighted by Gasteiger charge is 2.13. The van der Waals surface area contributed by atoms with E-state index in [1.807, 2.05) is 6.07 Å². The molecule has 2 rings (SSSR count). The molecule has 154 valence electrons. The van der Waals surface area contributed by atoms with Crippen LogP contribution in [0.4, 0.5) is 5.69 Å². The third-order valence-corrected chi connectivity index (χ3v) is 4.26. The van der Waals surface area contributed by atoms with Crippen molar-refractivity contribution in [2.24, 2.45) is 0 Å². The number of nitrogens with one attached hydrogen (secondary N) is 1. The molecule has 8 heteroatoms. The molecule has 0 radical (unpaired) electrons. The minimum Gasteiger partial charge on any atom is -0.486 e. The molecule has 0 aliphatic carbocycles. The fourth-order valence-electron chi connectivity index (χ4n) is 2.36. The number of nitrogens with zero attached hydrogens (tertiary/aromatic N) is 1. The highest BCUT2D eigenvalue weighted by atomic mass is 35.5. The van der Waals surface area contributed by atoms with E-state index in [0.717, 1.165) is 0 Å². The van der Waals surface area contributed by atoms with Crippen LogP contribution < -0.4 is 10.1 Å². The molecule has 0 heterocycles. The molecule has 0 bridgehead atoms. The maximum absolute atomic E-state index is 12.5. The van der Waals surface area contributed by atoms with Gasteiger partial charge in [0.15, 0.2) is 5.75 Å². The van der Waals surface area contributed by atoms with Crippen LogP contribution in [0, 0.1) is 11.3 Å². The Labute approximate surface area is 184 Å². The van der Waals surface area contributed by atoms with Crippen molar-refractivity contribution in [2.75, 3.05) is 18.5 Å². The maximum Gasteiger partial charge on any atom is 0.338 e. The van der Waals surface area contributed by atoms with E-state index in [1.54, 1.807) is 25.1 Å². The van der Waals surface area contributed by atoms with Crippen molar-refractivity contribution in [2.45, 2.75) is 6.92 Å². The smallest absolute Gasteiger partial charge is 0.338 e. The number of carbonyl (C=O) groups excluding carboxylic acids is 2. The van der Waals surface area contributed by atoms with Crippen LogP contribution >= 0.6 is 23.2 Å². The first-order chi connectivity index (χ1) is 14.4. The number of rotatable bonds is 8. The minimum atomic E-state index is -0.624. The second-order valence-electron chi connectivity index (χ2n) is 5.84. The van der Waals surface area contributed by atoms with Gasteiger partial charge in [-0.1, -0.05) is 35.9 Å². The molecule has 6 nitrogen and oxygen atoms in total. The summed E-state index contributed by atoms with van der Waals surface area (Å²) in [5.41, 5.74) is 1.07. The van der Waals surface area contributed by atoms with Gasteiger partial charge >= 0.3 is 5.97 Å². The predicted molar refractivity (Wildman–Crippen MR) is 117 cm³/mol. The number of carbonyl (C=O) groups is 2. The molecule has 0 unspecified atom stereocenters. The van der Waals surface area contributed by atoms with Crippen LogP contribution in [0.1, 0.15) is 22.8 Å². The summed E-state index contributed by atoms with van der Waals surface area (Å²) < 4.78 is 10.3. The van der Waals surface area contributed by atoms with Crippen molar-refractivity contribution in [1.82, 2.24) is 0 Å². The number of hydrogen-bond acceptors (Lipinski definition) is 5. The van der Waals surface area contributed by atoms with Crippen molar-refractivity contribution >= 4 is 46.8 Å². The molecule has 2 aromatic rings. The second kappa shape index (κ2) is 11.1. The Morgan fingerprint density at radius 3 is 2.37 bits per heavy atom. The maximum atomic E-state index is 12.5. The topological polar surface area (TPSA) is 88.4 Å². The van der Waals surface area contributed by atoms with Gasteiger partial charge < -0.3 is 14.8 Å². The van der Waals surface area contributed by atoms with Gasteiger partial charge in [0.2, 0.25) is 0 Å². The number of halogens is 2. The molecule has 0 saturated carbocycles. The van der Waals surface area contributed by atoms with Crippen LogP contribution in [0.25, 0.3) is 6.08 Å². The monoisotopic (exact) mass is 444 g/mol. The molecule has 1 amide bonds. The van der Waals surface area contributed by atoms with E-state index < -0.39 is 11.9 Å². The number of ether oxygens (including phenoxy) is 2. The summed E-state index contributed by atoms with van der Waals surface area (Å²) in [4.78, 5) is 24.1. The Hall–Kier alpha value is -3.27. The van der Waals surface area contributed by atoms with Crippen molar-refractivity contribution in [3.63, 3.8) is 0 Å². The summed E-state index contributed by atoms with van der Waals surface area (Å²) >= 11 is 12.3. The average Bonchev–Trinajstić information content (AvgIpc) is 2.72. The molecular weight excluding hydrogens is 427 g/mol. The van der Waals surface area contributed by atoms with Crippen LogP contribution in [0.2, 0.25) is 10.0 Å². The molecule has 30 heavy (non-hydrogen) atoms. The Bertz CT molecular complexity index is 1000. The number of anilines is 1. The van der Waals surface area contributed by atoms with E-state index in [0.29, 0.717) is 22.6 Å². The number of nitriles is 1. The van der Waals surface area contributed by atoms with Crippen LogP contribution in [0.15, 0.2) is 54.6 Å². The SMILES string of the molecule is C=CCOc1c(Cl)cc(/C=C(\C#N)C(=O)Nc2ccc(C(=O)OCC)cc2)cc1Cl. The van der Waals surface area contributed by atoms with Crippen LogP contribution in [0.5, 0.6) is 5.75 Å². The van der Waals surface area contributed by atoms with Gasteiger partial charge in [0.25, 0.3) is 5.91 Å². The lowest BCUT2D eigenvalue weighted by Gasteiger charge is -2.09. The van der Waals surface area contributed by atoms with Crippen molar-refractivity contribution in [3.8, 4) is 11.8 Å². The third-order valence-electron chi connectivity index (χ3n) is 3.70. The van der Waals surface area contributed by atoms with Gasteiger partial charge in [0.05, 0.1) is 22.2 Å². The van der Waals surface area contributed by atoms with E-state index in [9.17, 15) is 14.9 Å². The summed E-state index contributed by atoms with van der Waals surface area (Å²) in [6.45, 7) is 5.77. The van der Waals surface area contributed by atoms with Crippen molar-refractivity contribution < 1.29 is 19.1 Å². The normalized spacial score (nSPS) is 10.7. The molecular formula is C22H18Cl2N2O4. The Kier molecular flexibility index (Phi) is 8.48. The summed E-state index contributed by atoms with van der Waals surface area (Å²) in [7, 11) is 0. The summed E-state index contributed by atoms with van der Waals surface area (Å²) in [5.74, 6) is -0.789. The zero-order chi connectivity index (χ0) is 22.1. The van der Waals surface area contributed by atoms with Gasteiger partial charge in [-0.05, 0) is 55.0 Å². The van der Waals surface area contributed by atoms with Crippen molar-refractivity contribution in [3.05, 3.63) is 75.8 Å². The lowest BCUT2D eigenvalue weighted by atomic mass is 10.1. The summed E-state index contributed by atoms with van der Waals surface area (Å²) in [5, 5.41) is 12.5. The standard InChI is InChI=1S/C22H18Cl2N2O4/c1-3-9-30-20-18(23)11-14(12-19(20)24)10-16(13-25)21(27)26-17-7-5-15(6-8-17)22(28)29-4-2/h3,5-8,10-12H,1,4,9H2,2H3,(H,26,27)/b16-10+. The average molecular weight is 445 g/mol. The lowest BCUT2D eigenvalue weighted by Crippen LogP contribution is -2.13. The Morgan fingerprint density at radius 1 is 1.20 bits per heavy atom. The zero-order valence-corrected chi connectivity index (χ0v) is 17.6. The van der Waals surface area contributed by atoms with Gasteiger partial charge in [-0.25, -0.2) is 4.79 Å². The van der Waals surface area contributed by atoms with Crippen molar-refractivity contribution in [1.29, 1.82) is 5.26 Å². The number of esters is 1. The fourth-order valence-corrected chi connectivity index (χ4v) is 2.97. The van der Waals surface area contributed by atoms with Gasteiger partial charge in [-0.2, -0.15) is 5.26 Å². The van der Waals surface area contributed by atoms with E-state index in [2.05, 4.69) is 11.9 Å². The largest absolute Gasteiger partial charge is 0.486 e. The van der Waals surface area contributed by atoms with E-state index in [-0.39, 0.29) is 28.8 Å². The van der Waals surface area contributed by atoms with E-state index >= 15 is 0 Å². The molecule has 0 aliphatic rings. The molecule has 0 spiro atoms. The number of benzene rings is 2. The first kappa shape index (κ1) is 23.0. The lowest BCUT2D eigenvalue weighted by molar-refractivity contribution is -0.112. The van der Waals surface area contributed by atoms with Crippen LogP contribution in [-0.4, -0.2) is 25.1 Å². The molecule has 0 fully saturated rings. The summed E-state index contributed by atoms with van der Waals surface area (Å²) in [6, 6.07) is 11.0. The predicted octanol–water partition coefficient (Wildman–Crippen LogP) is 5.28. The Balaban J connectivity index is 2.18. The molecule has 2 aromatic carbocycles. The van der Waals surface area contributed by atoms with Gasteiger partial charge in [-0.15, -0.1) is 0 Å². The highest BCUT2D eigenvalue weighted by molar-refractivity contribution is 6.37. The van der Waals surface area contributed by atoms with E-state index in [1.165, 1.54) is 30.3 Å². The molecule has 0 aliphatic heterocycles. The first-order valence-electron chi connectivity index (χ1n) is 8.82. The van der Waals surface area contributed by atoms with Crippen LogP contribution in [-0.2, 0) is 9.53 Å². The molecule has 1 N–H and O–H groups in total.